The predicted octanol–water partition coefficient (Wildman–Crippen LogP) is 1.51. The molecule has 0 spiro atoms. The number of ether oxygens (including phenoxy) is 1. The van der Waals surface area contributed by atoms with Crippen LogP contribution < -0.4 is 10.5 Å². The summed E-state index contributed by atoms with van der Waals surface area (Å²) >= 11 is 0. The molecule has 0 aromatic carbocycles. The van der Waals surface area contributed by atoms with Gasteiger partial charge in [-0.2, -0.15) is 0 Å². The maximum atomic E-state index is 6.00. The van der Waals surface area contributed by atoms with Crippen LogP contribution in [0, 0.1) is 0 Å². The minimum Gasteiger partial charge on any atom is -0.481 e. The van der Waals surface area contributed by atoms with Crippen molar-refractivity contribution >= 4 is 0 Å². The standard InChI is InChI=1S/C16H28N4O/c1-4-20-9-5-6-14(20)12-19(2)15(10-17)13-7-8-16(21-3)18-11-13/h7-8,11,14-15H,4-6,9-10,12,17H2,1-3H3. The van der Waals surface area contributed by atoms with Crippen LogP contribution in [0.1, 0.15) is 31.4 Å². The van der Waals surface area contributed by atoms with Crippen LogP contribution in [0.3, 0.4) is 0 Å². The van der Waals surface area contributed by atoms with E-state index in [4.69, 9.17) is 10.5 Å². The highest BCUT2D eigenvalue weighted by Crippen LogP contribution is 2.23. The molecule has 1 aliphatic heterocycles. The lowest BCUT2D eigenvalue weighted by molar-refractivity contribution is 0.165. The van der Waals surface area contributed by atoms with Gasteiger partial charge in [-0.15, -0.1) is 0 Å². The third-order valence-electron chi connectivity index (χ3n) is 4.51. The number of nitrogens with two attached hydrogens (primary N) is 1. The summed E-state index contributed by atoms with van der Waals surface area (Å²) in [6.07, 6.45) is 4.47. The fraction of sp³-hybridized carbons (Fsp3) is 0.688. The van der Waals surface area contributed by atoms with Gasteiger partial charge < -0.3 is 10.5 Å². The molecule has 118 valence electrons. The lowest BCUT2D eigenvalue weighted by atomic mass is 10.1. The largest absolute Gasteiger partial charge is 0.481 e. The van der Waals surface area contributed by atoms with Crippen LogP contribution in [-0.4, -0.2) is 61.2 Å². The maximum Gasteiger partial charge on any atom is 0.212 e. The van der Waals surface area contributed by atoms with E-state index >= 15 is 0 Å². The number of nitrogens with zero attached hydrogens (tertiary/aromatic N) is 3. The van der Waals surface area contributed by atoms with Crippen LogP contribution in [0.5, 0.6) is 5.88 Å². The number of rotatable bonds is 7. The molecule has 2 rings (SSSR count). The van der Waals surface area contributed by atoms with Gasteiger partial charge in [-0.25, -0.2) is 4.98 Å². The summed E-state index contributed by atoms with van der Waals surface area (Å²) in [6.45, 7) is 6.26. The number of pyridine rings is 1. The first-order valence-electron chi connectivity index (χ1n) is 7.83. The number of hydrogen-bond donors (Lipinski definition) is 1. The van der Waals surface area contributed by atoms with E-state index in [1.807, 2.05) is 12.3 Å². The lowest BCUT2D eigenvalue weighted by Gasteiger charge is -2.32. The molecular formula is C16H28N4O. The Balaban J connectivity index is 2.01. The fourth-order valence-corrected chi connectivity index (χ4v) is 3.26. The number of likely N-dealkylation sites (N-methyl/N-ethyl adjacent to an activating group) is 2. The molecule has 2 unspecified atom stereocenters. The Morgan fingerprint density at radius 2 is 2.33 bits per heavy atom. The van der Waals surface area contributed by atoms with Crippen molar-refractivity contribution in [2.75, 3.05) is 40.3 Å². The zero-order chi connectivity index (χ0) is 15.2. The minimum atomic E-state index is 0.211. The molecule has 0 aliphatic carbocycles. The smallest absolute Gasteiger partial charge is 0.212 e. The van der Waals surface area contributed by atoms with E-state index in [2.05, 4.69) is 34.8 Å². The molecule has 1 fully saturated rings. The van der Waals surface area contributed by atoms with Crippen LogP contribution in [0.4, 0.5) is 0 Å². The van der Waals surface area contributed by atoms with Gasteiger partial charge in [-0.1, -0.05) is 13.0 Å². The second kappa shape index (κ2) is 7.73. The highest BCUT2D eigenvalue weighted by Gasteiger charge is 2.26. The summed E-state index contributed by atoms with van der Waals surface area (Å²) in [5.41, 5.74) is 7.16. The molecule has 0 bridgehead atoms. The molecule has 0 amide bonds. The van der Waals surface area contributed by atoms with Gasteiger partial charge >= 0.3 is 0 Å². The number of likely N-dealkylation sites (tertiary alicyclic amines) is 1. The SMILES string of the molecule is CCN1CCCC1CN(C)C(CN)c1ccc(OC)nc1. The zero-order valence-corrected chi connectivity index (χ0v) is 13.5. The molecule has 2 atom stereocenters. The van der Waals surface area contributed by atoms with Crippen molar-refractivity contribution in [1.29, 1.82) is 0 Å². The van der Waals surface area contributed by atoms with Crippen molar-refractivity contribution in [3.8, 4) is 5.88 Å². The molecular weight excluding hydrogens is 264 g/mol. The van der Waals surface area contributed by atoms with Crippen LogP contribution >= 0.6 is 0 Å². The van der Waals surface area contributed by atoms with E-state index in [9.17, 15) is 0 Å². The normalized spacial score (nSPS) is 20.9. The molecule has 0 saturated carbocycles. The lowest BCUT2D eigenvalue weighted by Crippen LogP contribution is -2.41. The molecule has 1 aromatic rings. The monoisotopic (exact) mass is 292 g/mol. The first-order valence-corrected chi connectivity index (χ1v) is 7.83. The van der Waals surface area contributed by atoms with Gasteiger partial charge in [-0.3, -0.25) is 9.80 Å². The molecule has 2 N–H and O–H groups in total. The van der Waals surface area contributed by atoms with Gasteiger partial charge in [0.15, 0.2) is 0 Å². The predicted molar refractivity (Wildman–Crippen MR) is 85.5 cm³/mol. The fourth-order valence-electron chi connectivity index (χ4n) is 3.26. The molecule has 2 heterocycles. The quantitative estimate of drug-likeness (QED) is 0.825. The summed E-state index contributed by atoms with van der Waals surface area (Å²) in [6, 6.07) is 4.83. The Labute approximate surface area is 128 Å². The van der Waals surface area contributed by atoms with Crippen molar-refractivity contribution in [2.45, 2.75) is 31.8 Å². The Kier molecular flexibility index (Phi) is 5.96. The average Bonchev–Trinajstić information content (AvgIpc) is 2.96. The third kappa shape index (κ3) is 3.93. The van der Waals surface area contributed by atoms with Crippen LogP contribution in [0.15, 0.2) is 18.3 Å². The Bertz CT molecular complexity index is 423. The highest BCUT2D eigenvalue weighted by atomic mass is 16.5. The van der Waals surface area contributed by atoms with E-state index in [1.165, 1.54) is 19.4 Å². The van der Waals surface area contributed by atoms with E-state index in [0.29, 0.717) is 18.5 Å². The summed E-state index contributed by atoms with van der Waals surface area (Å²) in [4.78, 5) is 9.23. The van der Waals surface area contributed by atoms with Crippen LogP contribution in [0.25, 0.3) is 0 Å². The third-order valence-corrected chi connectivity index (χ3v) is 4.51. The maximum absolute atomic E-state index is 6.00. The topological polar surface area (TPSA) is 54.6 Å². The second-order valence-corrected chi connectivity index (χ2v) is 5.75. The Morgan fingerprint density at radius 3 is 2.90 bits per heavy atom. The van der Waals surface area contributed by atoms with Crippen molar-refractivity contribution in [3.05, 3.63) is 23.9 Å². The molecule has 1 aliphatic rings. The molecule has 21 heavy (non-hydrogen) atoms. The first-order chi connectivity index (χ1) is 10.2. The van der Waals surface area contributed by atoms with Gasteiger partial charge in [0.25, 0.3) is 0 Å². The van der Waals surface area contributed by atoms with Gasteiger partial charge in [0.05, 0.1) is 7.11 Å². The van der Waals surface area contributed by atoms with E-state index < -0.39 is 0 Å². The average molecular weight is 292 g/mol. The van der Waals surface area contributed by atoms with Crippen molar-refractivity contribution in [2.24, 2.45) is 5.73 Å². The Morgan fingerprint density at radius 1 is 1.52 bits per heavy atom. The zero-order valence-electron chi connectivity index (χ0n) is 13.5. The summed E-state index contributed by atoms with van der Waals surface area (Å²) < 4.78 is 5.12. The molecule has 1 aromatic heterocycles. The summed E-state index contributed by atoms with van der Waals surface area (Å²) in [5.74, 6) is 0.644. The number of aromatic nitrogens is 1. The van der Waals surface area contributed by atoms with Gasteiger partial charge in [0, 0.05) is 37.4 Å². The van der Waals surface area contributed by atoms with Crippen molar-refractivity contribution in [3.63, 3.8) is 0 Å². The summed E-state index contributed by atoms with van der Waals surface area (Å²) in [5, 5.41) is 0. The van der Waals surface area contributed by atoms with Crippen LogP contribution in [0.2, 0.25) is 0 Å². The van der Waals surface area contributed by atoms with Crippen molar-refractivity contribution in [1.82, 2.24) is 14.8 Å². The van der Waals surface area contributed by atoms with E-state index in [0.717, 1.165) is 18.7 Å². The number of hydrogen-bond acceptors (Lipinski definition) is 5. The minimum absolute atomic E-state index is 0.211. The van der Waals surface area contributed by atoms with Gasteiger partial charge in [0.2, 0.25) is 5.88 Å². The molecule has 5 nitrogen and oxygen atoms in total. The van der Waals surface area contributed by atoms with E-state index in [1.54, 1.807) is 7.11 Å². The first kappa shape index (κ1) is 16.2. The van der Waals surface area contributed by atoms with Gasteiger partial charge in [0.1, 0.15) is 0 Å². The molecule has 1 saturated heterocycles. The molecule has 5 heteroatoms. The number of methoxy groups -OCH3 is 1. The van der Waals surface area contributed by atoms with E-state index in [-0.39, 0.29) is 6.04 Å². The van der Waals surface area contributed by atoms with Gasteiger partial charge in [-0.05, 0) is 38.5 Å². The summed E-state index contributed by atoms with van der Waals surface area (Å²) in [7, 11) is 3.79. The second-order valence-electron chi connectivity index (χ2n) is 5.75. The molecule has 0 radical (unpaired) electrons. The Hall–Kier alpha value is -1.17. The highest BCUT2D eigenvalue weighted by molar-refractivity contribution is 5.21. The van der Waals surface area contributed by atoms with Crippen molar-refractivity contribution < 1.29 is 4.74 Å². The van der Waals surface area contributed by atoms with Crippen LogP contribution in [-0.2, 0) is 0 Å².